The number of nitrogens with two attached hydrogens (primary N) is 1. The van der Waals surface area contributed by atoms with Gasteiger partial charge in [0.15, 0.2) is 0 Å². The number of phenols is 1. The van der Waals surface area contributed by atoms with E-state index in [-0.39, 0.29) is 23.4 Å². The fourth-order valence-electron chi connectivity index (χ4n) is 3.60. The van der Waals surface area contributed by atoms with E-state index in [1.165, 1.54) is 6.07 Å². The molecule has 6 N–H and O–H groups in total. The van der Waals surface area contributed by atoms with Crippen molar-refractivity contribution in [3.05, 3.63) is 72.1 Å². The first kappa shape index (κ1) is 18.6. The lowest BCUT2D eigenvalue weighted by atomic mass is 9.63. The third-order valence-electron chi connectivity index (χ3n) is 5.45. The van der Waals surface area contributed by atoms with Crippen LogP contribution in [0, 0.1) is 5.41 Å². The van der Waals surface area contributed by atoms with Crippen molar-refractivity contribution in [3.63, 3.8) is 0 Å². The third-order valence-corrected chi connectivity index (χ3v) is 5.45. The lowest BCUT2D eigenvalue weighted by Gasteiger charge is -2.41. The number of amidine groups is 1. The molecule has 29 heavy (non-hydrogen) atoms. The molecular formula is C22H22N5O2+. The quantitative estimate of drug-likeness (QED) is 0.360. The fraction of sp³-hybridized carbons (Fsp3) is 0.182. The minimum Gasteiger partial charge on any atom is -0.578 e. The van der Waals surface area contributed by atoms with Crippen LogP contribution in [0.15, 0.2) is 65.9 Å². The standard InChI is InChI=1S/C22H21N5O2/c23-20(27-19(29)15-3-1-4-18(28)11-15)22(9-2-10-22)17-7-5-14(6-8-17)16-12-25-21(24)26-13-16/h1,3-8,11-13,28H,2,9-10H2,(H2,23,27,29)(H2,24,25,26)/p+1. The normalized spacial score (nSPS) is 15.5. The monoisotopic (exact) mass is 388 g/mol. The minimum atomic E-state index is -0.473. The number of nitrogens with zero attached hydrogens (tertiary/aromatic N) is 3. The zero-order valence-electron chi connectivity index (χ0n) is 15.8. The lowest BCUT2D eigenvalue weighted by Crippen LogP contribution is -2.41. The Morgan fingerprint density at radius 1 is 1.07 bits per heavy atom. The first-order valence-electron chi connectivity index (χ1n) is 9.35. The molecule has 1 aliphatic rings. The second-order valence-electron chi connectivity index (χ2n) is 7.20. The van der Waals surface area contributed by atoms with E-state index in [2.05, 4.69) is 15.0 Å². The van der Waals surface area contributed by atoms with Crippen LogP contribution in [0.3, 0.4) is 0 Å². The molecule has 1 heterocycles. The predicted octanol–water partition coefficient (Wildman–Crippen LogP) is 3.00. The average Bonchev–Trinajstić information content (AvgIpc) is 2.68. The molecule has 0 atom stereocenters. The zero-order valence-corrected chi connectivity index (χ0v) is 15.8. The summed E-state index contributed by atoms with van der Waals surface area (Å²) in [5.74, 6) is 0.478. The molecule has 3 aromatic rings. The van der Waals surface area contributed by atoms with Crippen LogP contribution in [0.2, 0.25) is 0 Å². The van der Waals surface area contributed by atoms with Crippen LogP contribution in [0.1, 0.15) is 30.4 Å². The largest absolute Gasteiger partial charge is 0.578 e. The van der Waals surface area contributed by atoms with Crippen molar-refractivity contribution in [3.8, 4) is 16.9 Å². The highest BCUT2D eigenvalue weighted by molar-refractivity contribution is 6.05. The molecule has 1 fully saturated rings. The Bertz CT molecular complexity index is 1070. The molecule has 2 aromatic carbocycles. The third kappa shape index (κ3) is 3.54. The maximum absolute atomic E-state index is 9.62. The smallest absolute Gasteiger partial charge is 0.366 e. The predicted molar refractivity (Wildman–Crippen MR) is 113 cm³/mol. The Morgan fingerprint density at radius 2 is 1.76 bits per heavy atom. The Morgan fingerprint density at radius 3 is 2.34 bits per heavy atom. The van der Waals surface area contributed by atoms with Crippen molar-refractivity contribution >= 4 is 17.7 Å². The summed E-state index contributed by atoms with van der Waals surface area (Å²) in [5.41, 5.74) is 8.42. The Labute approximate surface area is 168 Å². The number of aliphatic imine (C=N–C) groups is 1. The second kappa shape index (κ2) is 7.35. The maximum atomic E-state index is 9.62. The number of rotatable bonds is 4. The SMILES string of the molecule is N=C(N=C([OH2+])c1cccc(O)c1)C1(c2ccc(-c3cnc(N)nc3)cc2)CCC1. The van der Waals surface area contributed by atoms with Gasteiger partial charge in [0.25, 0.3) is 0 Å². The molecule has 4 rings (SSSR count). The number of hydrogen-bond donors (Lipinski definition) is 3. The number of hydrogen-bond acceptors (Lipinski definition) is 5. The van der Waals surface area contributed by atoms with Crippen molar-refractivity contribution in [1.82, 2.24) is 9.97 Å². The molecule has 0 spiro atoms. The Balaban J connectivity index is 1.61. The molecule has 0 radical (unpaired) electrons. The van der Waals surface area contributed by atoms with Gasteiger partial charge in [-0.05, 0) is 42.2 Å². The maximum Gasteiger partial charge on any atom is 0.366 e. The Hall–Kier alpha value is -3.74. The van der Waals surface area contributed by atoms with Gasteiger partial charge in [-0.3, -0.25) is 5.41 Å². The van der Waals surface area contributed by atoms with Gasteiger partial charge < -0.3 is 15.9 Å². The van der Waals surface area contributed by atoms with E-state index >= 15 is 0 Å². The van der Waals surface area contributed by atoms with E-state index in [1.807, 2.05) is 24.3 Å². The van der Waals surface area contributed by atoms with Crippen molar-refractivity contribution in [1.29, 1.82) is 5.41 Å². The van der Waals surface area contributed by atoms with E-state index in [0.29, 0.717) is 5.56 Å². The van der Waals surface area contributed by atoms with Gasteiger partial charge in [0, 0.05) is 18.0 Å². The first-order valence-corrected chi connectivity index (χ1v) is 9.35. The number of nitrogen functional groups attached to an aromatic ring is 1. The first-order chi connectivity index (χ1) is 14.0. The summed E-state index contributed by atoms with van der Waals surface area (Å²) in [6.07, 6.45) is 6.04. The van der Waals surface area contributed by atoms with Crippen LogP contribution in [0.5, 0.6) is 5.75 Å². The molecule has 1 saturated carbocycles. The minimum absolute atomic E-state index is 0.0205. The van der Waals surface area contributed by atoms with Crippen LogP contribution in [-0.4, -0.2) is 31.9 Å². The molecule has 0 unspecified atom stereocenters. The van der Waals surface area contributed by atoms with Gasteiger partial charge in [-0.2, -0.15) is 0 Å². The summed E-state index contributed by atoms with van der Waals surface area (Å²) in [6, 6.07) is 14.4. The molecule has 0 aliphatic heterocycles. The molecule has 7 heteroatoms. The van der Waals surface area contributed by atoms with Gasteiger partial charge in [0.2, 0.25) is 5.95 Å². The second-order valence-corrected chi connectivity index (χ2v) is 7.20. The molecular weight excluding hydrogens is 366 g/mol. The summed E-state index contributed by atoms with van der Waals surface area (Å²) in [4.78, 5) is 12.3. The molecule has 7 nitrogen and oxygen atoms in total. The summed E-state index contributed by atoms with van der Waals surface area (Å²) in [5, 5.41) is 26.4. The summed E-state index contributed by atoms with van der Waals surface area (Å²) in [7, 11) is 0. The van der Waals surface area contributed by atoms with Gasteiger partial charge in [-0.15, -0.1) is 4.99 Å². The van der Waals surface area contributed by atoms with Crippen molar-refractivity contribution in [2.24, 2.45) is 4.99 Å². The Kier molecular flexibility index (Phi) is 4.72. The van der Waals surface area contributed by atoms with Gasteiger partial charge in [-0.1, -0.05) is 36.8 Å². The molecule has 0 bridgehead atoms. The number of nitrogens with one attached hydrogen (secondary N) is 1. The van der Waals surface area contributed by atoms with Crippen molar-refractivity contribution in [2.75, 3.05) is 5.73 Å². The van der Waals surface area contributed by atoms with Crippen molar-refractivity contribution in [2.45, 2.75) is 24.7 Å². The van der Waals surface area contributed by atoms with Crippen LogP contribution in [0.25, 0.3) is 11.1 Å². The van der Waals surface area contributed by atoms with E-state index in [4.69, 9.17) is 16.2 Å². The number of aromatic hydroxyl groups is 1. The number of aromatic nitrogens is 2. The zero-order chi connectivity index (χ0) is 20.4. The van der Waals surface area contributed by atoms with Gasteiger partial charge in [-0.25, -0.2) is 9.97 Å². The summed E-state index contributed by atoms with van der Waals surface area (Å²) in [6.45, 7) is 0. The van der Waals surface area contributed by atoms with Crippen LogP contribution < -0.4 is 5.73 Å². The lowest BCUT2D eigenvalue weighted by molar-refractivity contribution is 0.336. The highest BCUT2D eigenvalue weighted by Crippen LogP contribution is 2.45. The van der Waals surface area contributed by atoms with E-state index < -0.39 is 5.41 Å². The van der Waals surface area contributed by atoms with Gasteiger partial charge in [0.1, 0.15) is 11.6 Å². The molecule has 1 aliphatic carbocycles. The number of benzene rings is 2. The summed E-state index contributed by atoms with van der Waals surface area (Å²) >= 11 is 0. The van der Waals surface area contributed by atoms with E-state index in [9.17, 15) is 5.11 Å². The van der Waals surface area contributed by atoms with Crippen LogP contribution in [0.4, 0.5) is 5.95 Å². The van der Waals surface area contributed by atoms with Gasteiger partial charge in [0.05, 0.1) is 11.0 Å². The van der Waals surface area contributed by atoms with E-state index in [1.54, 1.807) is 30.6 Å². The summed E-state index contributed by atoms with van der Waals surface area (Å²) < 4.78 is 0. The number of phenolic OH excluding ortho intramolecular Hbond substituents is 1. The highest BCUT2D eigenvalue weighted by Gasteiger charge is 2.43. The molecule has 0 amide bonds. The van der Waals surface area contributed by atoms with Crippen molar-refractivity contribution < 1.29 is 10.2 Å². The topological polar surface area (TPSA) is 131 Å². The van der Waals surface area contributed by atoms with Crippen LogP contribution in [-0.2, 0) is 5.41 Å². The number of anilines is 1. The molecule has 1 aromatic heterocycles. The van der Waals surface area contributed by atoms with Crippen LogP contribution >= 0.6 is 0 Å². The fourth-order valence-corrected chi connectivity index (χ4v) is 3.60. The van der Waals surface area contributed by atoms with Gasteiger partial charge >= 0.3 is 5.90 Å². The highest BCUT2D eigenvalue weighted by atomic mass is 16.3. The average molecular weight is 388 g/mol. The molecule has 146 valence electrons. The molecule has 0 saturated heterocycles. The van der Waals surface area contributed by atoms with E-state index in [0.717, 1.165) is 36.0 Å².